The molecule has 0 bridgehead atoms. The lowest BCUT2D eigenvalue weighted by molar-refractivity contribution is -0.0212. The lowest BCUT2D eigenvalue weighted by atomic mass is 10.00. The lowest BCUT2D eigenvalue weighted by Crippen LogP contribution is -2.42. The Morgan fingerprint density at radius 3 is 2.65 bits per heavy atom. The average molecular weight is 472 g/mol. The van der Waals surface area contributed by atoms with Crippen molar-refractivity contribution in [2.24, 2.45) is 16.6 Å². The third-order valence-corrected chi connectivity index (χ3v) is 5.25. The molecule has 0 saturated carbocycles. The Kier molecular flexibility index (Phi) is 8.63. The van der Waals surface area contributed by atoms with Gasteiger partial charge in [-0.05, 0) is 36.8 Å². The number of nitrogens with zero attached hydrogens (tertiary/aromatic N) is 3. The SMILES string of the molecule is CC1CCN(C(N)=NCc2cccc(CN3CCOC(C)C3)c2)CC1.I. The molecule has 2 aliphatic rings. The van der Waals surface area contributed by atoms with Gasteiger partial charge in [-0.1, -0.05) is 31.2 Å². The maximum atomic E-state index is 6.20. The molecule has 0 aromatic heterocycles. The summed E-state index contributed by atoms with van der Waals surface area (Å²) in [4.78, 5) is 9.31. The Hall–Kier alpha value is -0.860. The number of hydrogen-bond acceptors (Lipinski definition) is 3. The van der Waals surface area contributed by atoms with Crippen molar-refractivity contribution in [3.05, 3.63) is 35.4 Å². The Bertz CT molecular complexity index is 587. The van der Waals surface area contributed by atoms with Gasteiger partial charge in [0.1, 0.15) is 0 Å². The van der Waals surface area contributed by atoms with Crippen LogP contribution in [-0.4, -0.2) is 54.6 Å². The Labute approximate surface area is 175 Å². The largest absolute Gasteiger partial charge is 0.376 e. The van der Waals surface area contributed by atoms with Crippen molar-refractivity contribution in [1.29, 1.82) is 0 Å². The molecule has 146 valence electrons. The quantitative estimate of drug-likeness (QED) is 0.416. The minimum atomic E-state index is 0. The van der Waals surface area contributed by atoms with Crippen LogP contribution in [0.25, 0.3) is 0 Å². The second-order valence-electron chi connectivity index (χ2n) is 7.58. The van der Waals surface area contributed by atoms with E-state index in [1.54, 1.807) is 0 Å². The van der Waals surface area contributed by atoms with Crippen molar-refractivity contribution >= 4 is 29.9 Å². The number of nitrogens with two attached hydrogens (primary N) is 1. The predicted molar refractivity (Wildman–Crippen MR) is 118 cm³/mol. The maximum Gasteiger partial charge on any atom is 0.191 e. The number of morpholine rings is 1. The van der Waals surface area contributed by atoms with Gasteiger partial charge in [0.05, 0.1) is 19.3 Å². The third kappa shape index (κ3) is 6.39. The number of hydrogen-bond donors (Lipinski definition) is 1. The molecule has 0 spiro atoms. The van der Waals surface area contributed by atoms with Crippen molar-refractivity contribution in [1.82, 2.24) is 9.80 Å². The van der Waals surface area contributed by atoms with E-state index in [2.05, 4.69) is 52.9 Å². The molecule has 0 amide bonds. The molecule has 26 heavy (non-hydrogen) atoms. The number of rotatable bonds is 4. The van der Waals surface area contributed by atoms with E-state index in [9.17, 15) is 0 Å². The van der Waals surface area contributed by atoms with Gasteiger partial charge in [0.15, 0.2) is 5.96 Å². The number of likely N-dealkylation sites (tertiary alicyclic amines) is 1. The number of ether oxygens (including phenoxy) is 1. The molecule has 2 N–H and O–H groups in total. The van der Waals surface area contributed by atoms with E-state index in [0.717, 1.165) is 45.2 Å². The topological polar surface area (TPSA) is 54.1 Å². The van der Waals surface area contributed by atoms with Crippen LogP contribution in [0.3, 0.4) is 0 Å². The van der Waals surface area contributed by atoms with Crippen molar-refractivity contribution in [2.45, 2.75) is 45.9 Å². The third-order valence-electron chi connectivity index (χ3n) is 5.25. The molecule has 3 rings (SSSR count). The summed E-state index contributed by atoms with van der Waals surface area (Å²) in [5.41, 5.74) is 8.77. The molecule has 5 nitrogen and oxygen atoms in total. The first kappa shape index (κ1) is 21.4. The minimum Gasteiger partial charge on any atom is -0.376 e. The van der Waals surface area contributed by atoms with Crippen LogP contribution >= 0.6 is 24.0 Å². The van der Waals surface area contributed by atoms with Gasteiger partial charge >= 0.3 is 0 Å². The summed E-state index contributed by atoms with van der Waals surface area (Å²) < 4.78 is 5.62. The van der Waals surface area contributed by atoms with Gasteiger partial charge in [-0.15, -0.1) is 24.0 Å². The van der Waals surface area contributed by atoms with Gasteiger partial charge < -0.3 is 15.4 Å². The first-order valence-corrected chi connectivity index (χ1v) is 9.57. The zero-order valence-electron chi connectivity index (χ0n) is 16.1. The number of halogens is 1. The van der Waals surface area contributed by atoms with Gasteiger partial charge in [0.2, 0.25) is 0 Å². The van der Waals surface area contributed by atoms with Crippen molar-refractivity contribution in [3.8, 4) is 0 Å². The minimum absolute atomic E-state index is 0. The molecule has 1 aromatic carbocycles. The molecule has 2 saturated heterocycles. The number of piperidine rings is 1. The van der Waals surface area contributed by atoms with Crippen LogP contribution < -0.4 is 5.73 Å². The smallest absolute Gasteiger partial charge is 0.191 e. The lowest BCUT2D eigenvalue weighted by Gasteiger charge is -2.31. The van der Waals surface area contributed by atoms with Crippen molar-refractivity contribution < 1.29 is 4.74 Å². The standard InChI is InChI=1S/C20H32N4O.HI/c1-16-6-8-24(9-7-16)20(21)22-13-18-4-3-5-19(12-18)15-23-10-11-25-17(2)14-23;/h3-5,12,16-17H,6-11,13-15H2,1-2H3,(H2,21,22);1H. The number of guanidine groups is 1. The van der Waals surface area contributed by atoms with E-state index in [1.807, 2.05) is 0 Å². The predicted octanol–water partition coefficient (Wildman–Crippen LogP) is 3.07. The Balaban J connectivity index is 0.00000243. The summed E-state index contributed by atoms with van der Waals surface area (Å²) in [6, 6.07) is 8.72. The fraction of sp³-hybridized carbons (Fsp3) is 0.650. The molecule has 2 aliphatic heterocycles. The van der Waals surface area contributed by atoms with Crippen LogP contribution in [0.4, 0.5) is 0 Å². The summed E-state index contributed by atoms with van der Waals surface area (Å²) in [6.07, 6.45) is 2.75. The van der Waals surface area contributed by atoms with E-state index < -0.39 is 0 Å². The molecular formula is C20H33IN4O. The van der Waals surface area contributed by atoms with E-state index in [0.29, 0.717) is 18.6 Å². The summed E-state index contributed by atoms with van der Waals surface area (Å²) >= 11 is 0. The summed E-state index contributed by atoms with van der Waals surface area (Å²) in [7, 11) is 0. The van der Waals surface area contributed by atoms with Gasteiger partial charge in [-0.25, -0.2) is 4.99 Å². The van der Waals surface area contributed by atoms with Crippen LogP contribution in [0.2, 0.25) is 0 Å². The van der Waals surface area contributed by atoms with Gasteiger partial charge in [0.25, 0.3) is 0 Å². The van der Waals surface area contributed by atoms with Crippen LogP contribution in [0, 0.1) is 5.92 Å². The highest BCUT2D eigenvalue weighted by Gasteiger charge is 2.18. The van der Waals surface area contributed by atoms with E-state index >= 15 is 0 Å². The van der Waals surface area contributed by atoms with Crippen LogP contribution in [0.5, 0.6) is 0 Å². The van der Waals surface area contributed by atoms with E-state index in [-0.39, 0.29) is 24.0 Å². The molecule has 1 atom stereocenters. The first-order chi connectivity index (χ1) is 12.1. The highest BCUT2D eigenvalue weighted by molar-refractivity contribution is 14.0. The summed E-state index contributed by atoms with van der Waals surface area (Å²) in [5.74, 6) is 1.50. The fourth-order valence-electron chi connectivity index (χ4n) is 3.63. The summed E-state index contributed by atoms with van der Waals surface area (Å²) in [5, 5.41) is 0. The molecule has 0 radical (unpaired) electrons. The highest BCUT2D eigenvalue weighted by Crippen LogP contribution is 2.16. The van der Waals surface area contributed by atoms with Gasteiger partial charge in [-0.2, -0.15) is 0 Å². The molecule has 2 fully saturated rings. The second-order valence-corrected chi connectivity index (χ2v) is 7.58. The highest BCUT2D eigenvalue weighted by atomic mass is 127. The van der Waals surface area contributed by atoms with Crippen LogP contribution in [-0.2, 0) is 17.8 Å². The fourth-order valence-corrected chi connectivity index (χ4v) is 3.63. The zero-order chi connectivity index (χ0) is 17.6. The number of benzene rings is 1. The van der Waals surface area contributed by atoms with Gasteiger partial charge in [0, 0.05) is 32.7 Å². The molecule has 2 heterocycles. The average Bonchev–Trinajstić information content (AvgIpc) is 2.61. The van der Waals surface area contributed by atoms with Crippen LogP contribution in [0.1, 0.15) is 37.8 Å². The molecule has 1 aromatic rings. The first-order valence-electron chi connectivity index (χ1n) is 9.57. The number of aliphatic imine (C=N–C) groups is 1. The maximum absolute atomic E-state index is 6.20. The Morgan fingerprint density at radius 1 is 1.19 bits per heavy atom. The molecule has 1 unspecified atom stereocenters. The zero-order valence-corrected chi connectivity index (χ0v) is 18.4. The summed E-state index contributed by atoms with van der Waals surface area (Å²) in [6.45, 7) is 11.0. The molecular weight excluding hydrogens is 439 g/mol. The monoisotopic (exact) mass is 472 g/mol. The van der Waals surface area contributed by atoms with E-state index in [1.165, 1.54) is 24.0 Å². The Morgan fingerprint density at radius 2 is 1.92 bits per heavy atom. The second kappa shape index (κ2) is 10.5. The van der Waals surface area contributed by atoms with Crippen LogP contribution in [0.15, 0.2) is 29.3 Å². The molecule has 0 aliphatic carbocycles. The van der Waals surface area contributed by atoms with E-state index in [4.69, 9.17) is 10.5 Å². The normalized spacial score (nSPS) is 22.9. The van der Waals surface area contributed by atoms with Crippen molar-refractivity contribution in [2.75, 3.05) is 32.8 Å². The van der Waals surface area contributed by atoms with Gasteiger partial charge in [-0.3, -0.25) is 4.90 Å². The van der Waals surface area contributed by atoms with Crippen molar-refractivity contribution in [3.63, 3.8) is 0 Å². The molecule has 6 heteroatoms.